The van der Waals surface area contributed by atoms with E-state index in [0.717, 1.165) is 22.7 Å². The van der Waals surface area contributed by atoms with E-state index in [1.807, 2.05) is 49.6 Å². The lowest BCUT2D eigenvalue weighted by molar-refractivity contribution is -0.116. The van der Waals surface area contributed by atoms with E-state index in [0.29, 0.717) is 22.7 Å². The van der Waals surface area contributed by atoms with E-state index in [1.54, 1.807) is 6.92 Å². The predicted octanol–water partition coefficient (Wildman–Crippen LogP) is 3.32. The second-order valence-corrected chi connectivity index (χ2v) is 9.16. The summed E-state index contributed by atoms with van der Waals surface area (Å²) in [6.07, 6.45) is 0.874. The van der Waals surface area contributed by atoms with E-state index >= 15 is 0 Å². The van der Waals surface area contributed by atoms with Crippen LogP contribution in [-0.4, -0.2) is 42.0 Å². The number of hydrogen-bond donors (Lipinski definition) is 2. The van der Waals surface area contributed by atoms with Crippen LogP contribution in [0, 0.1) is 6.92 Å². The highest BCUT2D eigenvalue weighted by molar-refractivity contribution is 8.00. The summed E-state index contributed by atoms with van der Waals surface area (Å²) in [6.45, 7) is 8.26. The van der Waals surface area contributed by atoms with Crippen LogP contribution in [0.25, 0.3) is 0 Å². The molecule has 3 rings (SSSR count). The molecule has 0 aliphatic rings. The van der Waals surface area contributed by atoms with E-state index in [-0.39, 0.29) is 18.2 Å². The monoisotopic (exact) mass is 459 g/mol. The molecule has 2 amide bonds. The maximum atomic E-state index is 12.5. The average molecular weight is 460 g/mol. The van der Waals surface area contributed by atoms with Crippen molar-refractivity contribution in [2.75, 3.05) is 10.6 Å². The number of anilines is 2. The number of nitrogens with zero attached hydrogens (tertiary/aromatic N) is 5. The van der Waals surface area contributed by atoms with Gasteiger partial charge in [-0.05, 0) is 38.8 Å². The van der Waals surface area contributed by atoms with Crippen LogP contribution in [0.4, 0.5) is 10.8 Å². The van der Waals surface area contributed by atoms with E-state index in [4.69, 9.17) is 0 Å². The Morgan fingerprint density at radius 2 is 1.90 bits per heavy atom. The zero-order valence-electron chi connectivity index (χ0n) is 17.9. The molecule has 2 N–H and O–H groups in total. The molecule has 0 saturated carbocycles. The molecule has 0 unspecified atom stereocenters. The molecule has 31 heavy (non-hydrogen) atoms. The maximum Gasteiger partial charge on any atom is 0.239 e. The Labute approximate surface area is 189 Å². The Hall–Kier alpha value is -2.79. The van der Waals surface area contributed by atoms with Crippen molar-refractivity contribution >= 4 is 45.7 Å². The summed E-state index contributed by atoms with van der Waals surface area (Å²) in [4.78, 5) is 25.0. The summed E-state index contributed by atoms with van der Waals surface area (Å²) in [5, 5.41) is 23.6. The molecule has 164 valence electrons. The number of aromatic nitrogens is 5. The lowest BCUT2D eigenvalue weighted by atomic mass is 10.2. The number of aryl methyl sites for hydroxylation is 2. The second-order valence-electron chi connectivity index (χ2n) is 6.79. The smallest absolute Gasteiger partial charge is 0.239 e. The SMILES string of the molecule is CCc1nnc(NC(=O)[C@H](C)Sc2nnc(CC(=O)Nc3ccccc3C)n2CC)s1. The van der Waals surface area contributed by atoms with Gasteiger partial charge in [0.15, 0.2) is 5.16 Å². The first-order valence-electron chi connectivity index (χ1n) is 9.98. The summed E-state index contributed by atoms with van der Waals surface area (Å²) in [5.41, 5.74) is 1.77. The average Bonchev–Trinajstić information content (AvgIpc) is 3.36. The Morgan fingerprint density at radius 3 is 2.58 bits per heavy atom. The van der Waals surface area contributed by atoms with Gasteiger partial charge in [-0.3, -0.25) is 14.9 Å². The van der Waals surface area contributed by atoms with Crippen LogP contribution in [0.2, 0.25) is 0 Å². The largest absolute Gasteiger partial charge is 0.325 e. The number of amides is 2. The van der Waals surface area contributed by atoms with Crippen molar-refractivity contribution in [3.8, 4) is 0 Å². The number of benzene rings is 1. The number of hydrogen-bond acceptors (Lipinski definition) is 8. The van der Waals surface area contributed by atoms with E-state index < -0.39 is 5.25 Å². The number of carbonyl (C=O) groups is 2. The third-order valence-corrected chi connectivity index (χ3v) is 6.56. The maximum absolute atomic E-state index is 12.5. The first-order valence-corrected chi connectivity index (χ1v) is 11.7. The zero-order valence-corrected chi connectivity index (χ0v) is 19.5. The summed E-state index contributed by atoms with van der Waals surface area (Å²) in [6, 6.07) is 7.60. The van der Waals surface area contributed by atoms with Crippen LogP contribution in [0.15, 0.2) is 29.4 Å². The molecule has 3 aromatic rings. The summed E-state index contributed by atoms with van der Waals surface area (Å²) in [7, 11) is 0. The van der Waals surface area contributed by atoms with Gasteiger partial charge in [0.2, 0.25) is 16.9 Å². The van der Waals surface area contributed by atoms with Crippen LogP contribution < -0.4 is 10.6 Å². The van der Waals surface area contributed by atoms with Gasteiger partial charge in [0.05, 0.1) is 11.7 Å². The molecule has 0 aliphatic carbocycles. The van der Waals surface area contributed by atoms with Gasteiger partial charge in [0.1, 0.15) is 10.8 Å². The molecule has 11 heteroatoms. The fourth-order valence-electron chi connectivity index (χ4n) is 2.77. The fourth-order valence-corrected chi connectivity index (χ4v) is 4.39. The van der Waals surface area contributed by atoms with Gasteiger partial charge in [-0.25, -0.2) is 0 Å². The van der Waals surface area contributed by atoms with Crippen LogP contribution in [0.3, 0.4) is 0 Å². The van der Waals surface area contributed by atoms with Gasteiger partial charge in [-0.1, -0.05) is 48.2 Å². The second kappa shape index (κ2) is 10.5. The van der Waals surface area contributed by atoms with Gasteiger partial charge in [0.25, 0.3) is 0 Å². The Balaban J connectivity index is 1.62. The molecule has 9 nitrogen and oxygen atoms in total. The lowest BCUT2D eigenvalue weighted by Gasteiger charge is -2.12. The molecule has 2 heterocycles. The zero-order chi connectivity index (χ0) is 22.4. The molecule has 0 aliphatic heterocycles. The van der Waals surface area contributed by atoms with Crippen LogP contribution in [-0.2, 0) is 29.0 Å². The fraction of sp³-hybridized carbons (Fsp3) is 0.400. The van der Waals surface area contributed by atoms with E-state index in [1.165, 1.54) is 23.1 Å². The normalized spacial score (nSPS) is 11.9. The summed E-state index contributed by atoms with van der Waals surface area (Å²) >= 11 is 2.66. The van der Waals surface area contributed by atoms with Crippen LogP contribution in [0.1, 0.15) is 37.2 Å². The molecule has 0 saturated heterocycles. The molecular formula is C20H25N7O2S2. The van der Waals surface area contributed by atoms with Crippen molar-refractivity contribution in [3.63, 3.8) is 0 Å². The van der Waals surface area contributed by atoms with E-state index in [2.05, 4.69) is 31.0 Å². The van der Waals surface area contributed by atoms with Crippen molar-refractivity contribution in [2.24, 2.45) is 0 Å². The summed E-state index contributed by atoms with van der Waals surface area (Å²) in [5.74, 6) is 0.204. The number of para-hydroxylation sites is 1. The van der Waals surface area contributed by atoms with Gasteiger partial charge in [-0.15, -0.1) is 20.4 Å². The quantitative estimate of drug-likeness (QED) is 0.472. The Kier molecular flexibility index (Phi) is 7.75. The van der Waals surface area contributed by atoms with Crippen molar-refractivity contribution in [2.45, 2.75) is 57.5 Å². The molecule has 0 fully saturated rings. The highest BCUT2D eigenvalue weighted by Crippen LogP contribution is 2.25. The van der Waals surface area contributed by atoms with Crippen molar-refractivity contribution in [1.29, 1.82) is 0 Å². The number of carbonyl (C=O) groups excluding carboxylic acids is 2. The molecule has 2 aromatic heterocycles. The highest BCUT2D eigenvalue weighted by Gasteiger charge is 2.22. The third-order valence-electron chi connectivity index (χ3n) is 4.50. The minimum absolute atomic E-state index is 0.0981. The number of rotatable bonds is 9. The standard InChI is InChI=1S/C20H25N7O2S2/c1-5-17-24-25-19(31-17)22-18(29)13(4)30-20-26-23-15(27(20)6-2)11-16(28)21-14-10-8-7-9-12(14)3/h7-10,13H,5-6,11H2,1-4H3,(H,21,28)(H,22,25,29)/t13-/m0/s1. The minimum atomic E-state index is -0.419. The van der Waals surface area contributed by atoms with Crippen molar-refractivity contribution in [1.82, 2.24) is 25.0 Å². The van der Waals surface area contributed by atoms with Gasteiger partial charge >= 0.3 is 0 Å². The molecular weight excluding hydrogens is 434 g/mol. The minimum Gasteiger partial charge on any atom is -0.325 e. The topological polar surface area (TPSA) is 115 Å². The number of thioether (sulfide) groups is 1. The van der Waals surface area contributed by atoms with Crippen LogP contribution in [0.5, 0.6) is 0 Å². The van der Waals surface area contributed by atoms with Crippen molar-refractivity contribution in [3.05, 3.63) is 40.7 Å². The van der Waals surface area contributed by atoms with Crippen LogP contribution >= 0.6 is 23.1 Å². The molecule has 0 bridgehead atoms. The van der Waals surface area contributed by atoms with Gasteiger partial charge in [-0.2, -0.15) is 0 Å². The van der Waals surface area contributed by atoms with E-state index in [9.17, 15) is 9.59 Å². The highest BCUT2D eigenvalue weighted by atomic mass is 32.2. The third kappa shape index (κ3) is 5.88. The molecule has 1 atom stereocenters. The first-order chi connectivity index (χ1) is 14.9. The van der Waals surface area contributed by atoms with Gasteiger partial charge in [0, 0.05) is 12.2 Å². The van der Waals surface area contributed by atoms with Gasteiger partial charge < -0.3 is 9.88 Å². The molecule has 0 radical (unpaired) electrons. The number of nitrogens with one attached hydrogen (secondary N) is 2. The molecule has 0 spiro atoms. The Morgan fingerprint density at radius 1 is 1.13 bits per heavy atom. The first kappa shape index (κ1) is 22.9. The summed E-state index contributed by atoms with van der Waals surface area (Å²) < 4.78 is 1.85. The predicted molar refractivity (Wildman–Crippen MR) is 122 cm³/mol. The Bertz CT molecular complexity index is 1060. The van der Waals surface area contributed by atoms with Crippen molar-refractivity contribution < 1.29 is 9.59 Å². The molecule has 1 aromatic carbocycles. The lowest BCUT2D eigenvalue weighted by Crippen LogP contribution is -2.23.